The fraction of sp³-hybridized carbons (Fsp3) is 0.750. The number of fused-ring (bicyclic) bond motifs is 1. The first kappa shape index (κ1) is 14.7. The molecule has 0 atom stereocenters. The lowest BCUT2D eigenvalue weighted by Crippen LogP contribution is -2.41. The molecule has 5 nitrogen and oxygen atoms in total. The maximum atomic E-state index is 5.97. The zero-order valence-electron chi connectivity index (χ0n) is 13.3. The van der Waals surface area contributed by atoms with Gasteiger partial charge in [-0.1, -0.05) is 13.8 Å². The van der Waals surface area contributed by atoms with Gasteiger partial charge in [0.05, 0.1) is 5.69 Å². The van der Waals surface area contributed by atoms with E-state index < -0.39 is 0 Å². The smallest absolute Gasteiger partial charge is 0.225 e. The van der Waals surface area contributed by atoms with Crippen molar-refractivity contribution in [3.8, 4) is 0 Å². The summed E-state index contributed by atoms with van der Waals surface area (Å²) in [4.78, 5) is 14.2. The van der Waals surface area contributed by atoms with E-state index >= 15 is 0 Å². The Morgan fingerprint density at radius 2 is 2.05 bits per heavy atom. The molecule has 2 aliphatic rings. The lowest BCUT2D eigenvalue weighted by molar-refractivity contribution is 0.224. The molecule has 2 aliphatic heterocycles. The van der Waals surface area contributed by atoms with Crippen LogP contribution in [0, 0.1) is 5.92 Å². The quantitative estimate of drug-likeness (QED) is 0.912. The molecular weight excluding hydrogens is 262 g/mol. The van der Waals surface area contributed by atoms with Gasteiger partial charge in [-0.3, -0.25) is 4.90 Å². The molecule has 0 saturated carbocycles. The second-order valence-corrected chi connectivity index (χ2v) is 6.85. The normalized spacial score (nSPS) is 20.9. The van der Waals surface area contributed by atoms with Crippen molar-refractivity contribution in [3.63, 3.8) is 0 Å². The van der Waals surface area contributed by atoms with E-state index in [0.717, 1.165) is 57.9 Å². The lowest BCUT2D eigenvalue weighted by atomic mass is 10.1. The average Bonchev–Trinajstić information content (AvgIpc) is 2.47. The molecule has 0 aliphatic carbocycles. The van der Waals surface area contributed by atoms with Gasteiger partial charge in [0.1, 0.15) is 0 Å². The van der Waals surface area contributed by atoms with E-state index in [4.69, 9.17) is 10.7 Å². The second-order valence-electron chi connectivity index (χ2n) is 6.85. The van der Waals surface area contributed by atoms with Crippen molar-refractivity contribution in [2.75, 3.05) is 31.1 Å². The molecule has 1 aromatic heterocycles. The number of hydrogen-bond donors (Lipinski definition) is 1. The summed E-state index contributed by atoms with van der Waals surface area (Å²) in [6.07, 6.45) is 5.18. The monoisotopic (exact) mass is 289 g/mol. The highest BCUT2D eigenvalue weighted by atomic mass is 15.3. The van der Waals surface area contributed by atoms with Gasteiger partial charge >= 0.3 is 0 Å². The van der Waals surface area contributed by atoms with Gasteiger partial charge in [-0.25, -0.2) is 9.97 Å². The Labute approximate surface area is 127 Å². The summed E-state index contributed by atoms with van der Waals surface area (Å²) in [5.74, 6) is 1.61. The van der Waals surface area contributed by atoms with Gasteiger partial charge in [0, 0.05) is 56.9 Å². The van der Waals surface area contributed by atoms with Crippen LogP contribution in [0.4, 0.5) is 5.95 Å². The van der Waals surface area contributed by atoms with Crippen LogP contribution in [0.25, 0.3) is 0 Å². The number of anilines is 1. The van der Waals surface area contributed by atoms with Crippen LogP contribution in [0.2, 0.25) is 0 Å². The number of nitrogens with two attached hydrogens (primary N) is 1. The molecule has 3 rings (SSSR count). The van der Waals surface area contributed by atoms with Gasteiger partial charge in [0.25, 0.3) is 0 Å². The maximum absolute atomic E-state index is 5.97. The van der Waals surface area contributed by atoms with Crippen molar-refractivity contribution in [3.05, 3.63) is 17.5 Å². The molecule has 2 N–H and O–H groups in total. The van der Waals surface area contributed by atoms with Crippen molar-refractivity contribution < 1.29 is 0 Å². The maximum Gasteiger partial charge on any atom is 0.225 e. The second kappa shape index (κ2) is 6.28. The Hall–Kier alpha value is -1.20. The van der Waals surface area contributed by atoms with Crippen LogP contribution in [-0.2, 0) is 13.0 Å². The van der Waals surface area contributed by atoms with E-state index in [2.05, 4.69) is 28.6 Å². The Balaban J connectivity index is 1.68. The van der Waals surface area contributed by atoms with Gasteiger partial charge in [0.2, 0.25) is 5.95 Å². The highest BCUT2D eigenvalue weighted by Crippen LogP contribution is 2.21. The summed E-state index contributed by atoms with van der Waals surface area (Å²) in [5.41, 5.74) is 8.52. The molecule has 0 amide bonds. The van der Waals surface area contributed by atoms with E-state index in [9.17, 15) is 0 Å². The van der Waals surface area contributed by atoms with Crippen molar-refractivity contribution in [1.82, 2.24) is 14.9 Å². The third-order valence-electron chi connectivity index (χ3n) is 4.45. The Morgan fingerprint density at radius 1 is 1.29 bits per heavy atom. The topological polar surface area (TPSA) is 58.3 Å². The predicted molar refractivity (Wildman–Crippen MR) is 85.3 cm³/mol. The van der Waals surface area contributed by atoms with Crippen molar-refractivity contribution in [2.24, 2.45) is 11.7 Å². The molecule has 3 heterocycles. The molecular formula is C16H27N5. The summed E-state index contributed by atoms with van der Waals surface area (Å²) in [5, 5.41) is 0. The van der Waals surface area contributed by atoms with Crippen molar-refractivity contribution in [1.29, 1.82) is 0 Å². The Morgan fingerprint density at radius 3 is 2.76 bits per heavy atom. The first-order valence-electron chi connectivity index (χ1n) is 8.19. The molecule has 0 aromatic carbocycles. The average molecular weight is 289 g/mol. The zero-order valence-corrected chi connectivity index (χ0v) is 13.3. The van der Waals surface area contributed by atoms with Crippen molar-refractivity contribution >= 4 is 5.95 Å². The van der Waals surface area contributed by atoms with E-state index in [1.807, 2.05) is 6.20 Å². The van der Waals surface area contributed by atoms with Gasteiger partial charge in [-0.05, 0) is 18.8 Å². The minimum Gasteiger partial charge on any atom is -0.341 e. The summed E-state index contributed by atoms with van der Waals surface area (Å²) >= 11 is 0. The molecule has 21 heavy (non-hydrogen) atoms. The van der Waals surface area contributed by atoms with Crippen LogP contribution in [-0.4, -0.2) is 47.1 Å². The van der Waals surface area contributed by atoms with E-state index in [1.54, 1.807) is 0 Å². The molecule has 1 saturated heterocycles. The van der Waals surface area contributed by atoms with E-state index in [-0.39, 0.29) is 0 Å². The first-order chi connectivity index (χ1) is 10.1. The molecule has 0 spiro atoms. The number of aromatic nitrogens is 2. The summed E-state index contributed by atoms with van der Waals surface area (Å²) in [6, 6.07) is 0.350. The molecule has 5 heteroatoms. The highest BCUT2D eigenvalue weighted by molar-refractivity contribution is 5.34. The molecule has 1 aromatic rings. The molecule has 0 bridgehead atoms. The Bertz CT molecular complexity index is 480. The molecule has 116 valence electrons. The largest absolute Gasteiger partial charge is 0.341 e. The zero-order chi connectivity index (χ0) is 14.8. The first-order valence-corrected chi connectivity index (χ1v) is 8.19. The van der Waals surface area contributed by atoms with Gasteiger partial charge in [-0.2, -0.15) is 0 Å². The molecule has 0 radical (unpaired) electrons. The highest BCUT2D eigenvalue weighted by Gasteiger charge is 2.22. The van der Waals surface area contributed by atoms with Crippen LogP contribution in [0.3, 0.4) is 0 Å². The molecule has 1 fully saturated rings. The summed E-state index contributed by atoms with van der Waals surface area (Å²) in [7, 11) is 0. The predicted octanol–water partition coefficient (Wildman–Crippen LogP) is 1.42. The number of piperidine rings is 1. The number of nitrogens with zero attached hydrogens (tertiary/aromatic N) is 4. The van der Waals surface area contributed by atoms with Gasteiger partial charge < -0.3 is 10.6 Å². The van der Waals surface area contributed by atoms with Crippen LogP contribution in [0.5, 0.6) is 0 Å². The fourth-order valence-corrected chi connectivity index (χ4v) is 3.29. The number of hydrogen-bond acceptors (Lipinski definition) is 5. The fourth-order valence-electron chi connectivity index (χ4n) is 3.29. The SMILES string of the molecule is CC(C)CN1CCc2nc(N3CCC(N)CC3)ncc2C1. The van der Waals surface area contributed by atoms with Crippen LogP contribution in [0.15, 0.2) is 6.20 Å². The van der Waals surface area contributed by atoms with Crippen LogP contribution >= 0.6 is 0 Å². The van der Waals surface area contributed by atoms with E-state index in [0.29, 0.717) is 12.0 Å². The minimum atomic E-state index is 0.350. The van der Waals surface area contributed by atoms with E-state index in [1.165, 1.54) is 11.3 Å². The van der Waals surface area contributed by atoms with Gasteiger partial charge in [0.15, 0.2) is 0 Å². The lowest BCUT2D eigenvalue weighted by Gasteiger charge is -2.32. The third-order valence-corrected chi connectivity index (χ3v) is 4.45. The van der Waals surface area contributed by atoms with Gasteiger partial charge in [-0.15, -0.1) is 0 Å². The van der Waals surface area contributed by atoms with Crippen LogP contribution < -0.4 is 10.6 Å². The third kappa shape index (κ3) is 3.52. The number of rotatable bonds is 3. The summed E-state index contributed by atoms with van der Waals surface area (Å²) < 4.78 is 0. The minimum absolute atomic E-state index is 0.350. The summed E-state index contributed by atoms with van der Waals surface area (Å²) in [6.45, 7) is 9.79. The standard InChI is InChI=1S/C16H27N5/c1-12(2)10-20-6-5-15-13(11-20)9-18-16(19-15)21-7-3-14(17)4-8-21/h9,12,14H,3-8,10-11,17H2,1-2H3. The van der Waals surface area contributed by atoms with Crippen LogP contribution in [0.1, 0.15) is 37.9 Å². The molecule has 0 unspecified atom stereocenters. The van der Waals surface area contributed by atoms with Crippen molar-refractivity contribution in [2.45, 2.75) is 45.7 Å². The Kier molecular flexibility index (Phi) is 4.40.